The first-order valence-electron chi connectivity index (χ1n) is 9.78. The van der Waals surface area contributed by atoms with Gasteiger partial charge in [0.05, 0.1) is 13.7 Å². The Balaban J connectivity index is 1.49. The fourth-order valence-corrected chi connectivity index (χ4v) is 2.73. The Morgan fingerprint density at radius 3 is 1.84 bits per heavy atom. The van der Waals surface area contributed by atoms with Crippen molar-refractivity contribution < 1.29 is 23.8 Å². The molecule has 0 atom stereocenters. The molecule has 7 heteroatoms. The van der Waals surface area contributed by atoms with E-state index in [1.165, 1.54) is 0 Å². The van der Waals surface area contributed by atoms with Crippen LogP contribution in [-0.4, -0.2) is 32.1 Å². The number of carbonyl (C=O) groups excluding carboxylic acids is 2. The molecule has 0 aromatic heterocycles. The van der Waals surface area contributed by atoms with Gasteiger partial charge in [-0.2, -0.15) is 0 Å². The highest BCUT2D eigenvalue weighted by atomic mass is 16.5. The second-order valence-corrected chi connectivity index (χ2v) is 6.50. The van der Waals surface area contributed by atoms with Gasteiger partial charge in [0, 0.05) is 16.9 Å². The lowest BCUT2D eigenvalue weighted by atomic mass is 10.2. The zero-order valence-corrected chi connectivity index (χ0v) is 17.4. The molecule has 3 aromatic carbocycles. The maximum atomic E-state index is 12.4. The Bertz CT molecular complexity index is 1000. The fourth-order valence-electron chi connectivity index (χ4n) is 2.73. The molecule has 0 aliphatic rings. The van der Waals surface area contributed by atoms with E-state index in [0.717, 1.165) is 5.75 Å². The Hall–Kier alpha value is -4.00. The molecule has 31 heavy (non-hydrogen) atoms. The van der Waals surface area contributed by atoms with Gasteiger partial charge in [0.25, 0.3) is 11.8 Å². The minimum absolute atomic E-state index is 0.133. The lowest BCUT2D eigenvalue weighted by Gasteiger charge is -2.09. The van der Waals surface area contributed by atoms with Crippen LogP contribution in [0.25, 0.3) is 0 Å². The van der Waals surface area contributed by atoms with Crippen molar-refractivity contribution >= 4 is 23.2 Å². The number of methoxy groups -OCH3 is 1. The third-order valence-electron chi connectivity index (χ3n) is 4.28. The number of amides is 2. The zero-order valence-electron chi connectivity index (χ0n) is 17.4. The molecule has 0 unspecified atom stereocenters. The average Bonchev–Trinajstić information content (AvgIpc) is 2.80. The summed E-state index contributed by atoms with van der Waals surface area (Å²) in [6, 6.07) is 20.7. The van der Waals surface area contributed by atoms with Crippen molar-refractivity contribution in [3.8, 4) is 17.2 Å². The summed E-state index contributed by atoms with van der Waals surface area (Å²) >= 11 is 0. The number of nitrogens with one attached hydrogen (secondary N) is 2. The maximum absolute atomic E-state index is 12.4. The zero-order chi connectivity index (χ0) is 22.1. The van der Waals surface area contributed by atoms with Crippen LogP contribution in [0.2, 0.25) is 0 Å². The molecule has 0 fully saturated rings. The average molecular weight is 420 g/mol. The van der Waals surface area contributed by atoms with E-state index in [-0.39, 0.29) is 18.4 Å². The minimum atomic E-state index is -0.303. The van der Waals surface area contributed by atoms with E-state index in [1.54, 1.807) is 79.9 Å². The van der Waals surface area contributed by atoms with Crippen LogP contribution in [0.5, 0.6) is 17.2 Å². The standard InChI is InChI=1S/C24H24N2O5/c1-3-30-21-10-8-19(9-11-21)26-24(28)17-4-6-18(7-5-17)25-23(27)16-31-22-14-12-20(29-2)13-15-22/h4-15H,3,16H2,1-2H3,(H,25,27)(H,26,28). The van der Waals surface area contributed by atoms with Crippen molar-refractivity contribution in [1.29, 1.82) is 0 Å². The molecule has 160 valence electrons. The lowest BCUT2D eigenvalue weighted by Crippen LogP contribution is -2.20. The van der Waals surface area contributed by atoms with Gasteiger partial charge in [-0.3, -0.25) is 9.59 Å². The van der Waals surface area contributed by atoms with Gasteiger partial charge in [-0.15, -0.1) is 0 Å². The summed E-state index contributed by atoms with van der Waals surface area (Å²) in [7, 11) is 1.58. The predicted molar refractivity (Wildman–Crippen MR) is 119 cm³/mol. The molecular weight excluding hydrogens is 396 g/mol. The summed E-state index contributed by atoms with van der Waals surface area (Å²) in [6.45, 7) is 2.37. The topological polar surface area (TPSA) is 85.9 Å². The monoisotopic (exact) mass is 420 g/mol. The van der Waals surface area contributed by atoms with Crippen LogP contribution >= 0.6 is 0 Å². The van der Waals surface area contributed by atoms with Gasteiger partial charge in [0.2, 0.25) is 0 Å². The maximum Gasteiger partial charge on any atom is 0.262 e. The number of hydrogen-bond donors (Lipinski definition) is 2. The van der Waals surface area contributed by atoms with Crippen molar-refractivity contribution in [2.24, 2.45) is 0 Å². The summed E-state index contributed by atoms with van der Waals surface area (Å²) in [4.78, 5) is 24.5. The van der Waals surface area contributed by atoms with E-state index in [0.29, 0.717) is 35.0 Å². The first-order valence-corrected chi connectivity index (χ1v) is 9.78. The highest BCUT2D eigenvalue weighted by molar-refractivity contribution is 6.04. The van der Waals surface area contributed by atoms with E-state index in [1.807, 2.05) is 6.92 Å². The molecule has 0 saturated heterocycles. The molecule has 2 amide bonds. The Morgan fingerprint density at radius 1 is 0.710 bits per heavy atom. The quantitative estimate of drug-likeness (QED) is 0.537. The molecule has 0 radical (unpaired) electrons. The molecule has 0 bridgehead atoms. The highest BCUT2D eigenvalue weighted by Crippen LogP contribution is 2.18. The number of rotatable bonds is 9. The molecule has 0 aliphatic carbocycles. The van der Waals surface area contributed by atoms with Gasteiger partial charge < -0.3 is 24.8 Å². The largest absolute Gasteiger partial charge is 0.497 e. The van der Waals surface area contributed by atoms with Crippen LogP contribution in [0.15, 0.2) is 72.8 Å². The SMILES string of the molecule is CCOc1ccc(NC(=O)c2ccc(NC(=O)COc3ccc(OC)cc3)cc2)cc1. The van der Waals surface area contributed by atoms with E-state index in [9.17, 15) is 9.59 Å². The van der Waals surface area contributed by atoms with Crippen LogP contribution in [0.1, 0.15) is 17.3 Å². The molecular formula is C24H24N2O5. The van der Waals surface area contributed by atoms with Gasteiger partial charge in [-0.25, -0.2) is 0 Å². The first kappa shape index (κ1) is 21.7. The van der Waals surface area contributed by atoms with Gasteiger partial charge >= 0.3 is 0 Å². The van der Waals surface area contributed by atoms with Crippen LogP contribution in [0.4, 0.5) is 11.4 Å². The van der Waals surface area contributed by atoms with E-state index in [2.05, 4.69) is 10.6 Å². The first-order chi connectivity index (χ1) is 15.1. The van der Waals surface area contributed by atoms with Crippen LogP contribution in [0.3, 0.4) is 0 Å². The number of carbonyl (C=O) groups is 2. The van der Waals surface area contributed by atoms with E-state index < -0.39 is 0 Å². The minimum Gasteiger partial charge on any atom is -0.497 e. The smallest absolute Gasteiger partial charge is 0.262 e. The normalized spacial score (nSPS) is 10.1. The Morgan fingerprint density at radius 2 is 1.23 bits per heavy atom. The summed E-state index contributed by atoms with van der Waals surface area (Å²) < 4.78 is 15.9. The second kappa shape index (κ2) is 10.7. The van der Waals surface area contributed by atoms with Crippen molar-refractivity contribution in [2.45, 2.75) is 6.92 Å². The number of ether oxygens (including phenoxy) is 3. The number of benzene rings is 3. The van der Waals surface area contributed by atoms with Crippen LogP contribution in [0, 0.1) is 0 Å². The van der Waals surface area contributed by atoms with Gasteiger partial charge in [-0.1, -0.05) is 0 Å². The second-order valence-electron chi connectivity index (χ2n) is 6.50. The highest BCUT2D eigenvalue weighted by Gasteiger charge is 2.08. The molecule has 3 rings (SSSR count). The molecule has 7 nitrogen and oxygen atoms in total. The van der Waals surface area contributed by atoms with E-state index in [4.69, 9.17) is 14.2 Å². The fraction of sp³-hybridized carbons (Fsp3) is 0.167. The summed E-state index contributed by atoms with van der Waals surface area (Å²) in [5.41, 5.74) is 1.71. The molecule has 0 spiro atoms. The molecule has 2 N–H and O–H groups in total. The van der Waals surface area contributed by atoms with Crippen LogP contribution in [-0.2, 0) is 4.79 Å². The summed E-state index contributed by atoms with van der Waals surface area (Å²) in [5.74, 6) is 1.48. The number of hydrogen-bond acceptors (Lipinski definition) is 5. The Kier molecular flexibility index (Phi) is 7.48. The molecule has 0 heterocycles. The molecule has 0 saturated carbocycles. The van der Waals surface area contributed by atoms with Gasteiger partial charge in [-0.05, 0) is 79.7 Å². The summed E-state index contributed by atoms with van der Waals surface area (Å²) in [6.07, 6.45) is 0. The van der Waals surface area contributed by atoms with Crippen molar-refractivity contribution in [2.75, 3.05) is 31.0 Å². The van der Waals surface area contributed by atoms with E-state index >= 15 is 0 Å². The van der Waals surface area contributed by atoms with Crippen LogP contribution < -0.4 is 24.8 Å². The number of anilines is 2. The molecule has 0 aliphatic heterocycles. The van der Waals surface area contributed by atoms with Crippen molar-refractivity contribution in [3.63, 3.8) is 0 Å². The summed E-state index contributed by atoms with van der Waals surface area (Å²) in [5, 5.41) is 5.56. The molecule has 3 aromatic rings. The third-order valence-corrected chi connectivity index (χ3v) is 4.28. The predicted octanol–water partition coefficient (Wildman–Crippen LogP) is 4.36. The van der Waals surface area contributed by atoms with Gasteiger partial charge in [0.1, 0.15) is 17.2 Å². The lowest BCUT2D eigenvalue weighted by molar-refractivity contribution is -0.118. The third kappa shape index (κ3) is 6.50. The van der Waals surface area contributed by atoms with Crippen molar-refractivity contribution in [3.05, 3.63) is 78.4 Å². The van der Waals surface area contributed by atoms with Crippen molar-refractivity contribution in [1.82, 2.24) is 0 Å². The van der Waals surface area contributed by atoms with Gasteiger partial charge in [0.15, 0.2) is 6.61 Å². The Labute approximate surface area is 180 Å².